The summed E-state index contributed by atoms with van der Waals surface area (Å²) in [6, 6.07) is 29.1. The predicted octanol–water partition coefficient (Wildman–Crippen LogP) is 5.52. The van der Waals surface area contributed by atoms with Crippen LogP contribution in [0.1, 0.15) is 32.1 Å². The summed E-state index contributed by atoms with van der Waals surface area (Å²) >= 11 is 1.14. The van der Waals surface area contributed by atoms with Gasteiger partial charge in [-0.1, -0.05) is 84.1 Å². The average Bonchev–Trinajstić information content (AvgIpc) is 3.38. The maximum Gasteiger partial charge on any atom is 0.257 e. The molecule has 1 heterocycles. The highest BCUT2D eigenvalue weighted by Crippen LogP contribution is 2.21. The molecule has 5 rings (SSSR count). The topological polar surface area (TPSA) is 106 Å². The van der Waals surface area contributed by atoms with Crippen molar-refractivity contribution >= 4 is 45.3 Å². The van der Waals surface area contributed by atoms with E-state index in [0.717, 1.165) is 33.4 Å². The van der Waals surface area contributed by atoms with Crippen LogP contribution in [0.5, 0.6) is 5.75 Å². The van der Waals surface area contributed by atoms with Gasteiger partial charge in [0.2, 0.25) is 11.0 Å². The van der Waals surface area contributed by atoms with Gasteiger partial charge in [-0.2, -0.15) is 5.10 Å². The number of carbonyl (C=O) groups excluding carboxylic acids is 2. The highest BCUT2D eigenvalue weighted by molar-refractivity contribution is 7.15. The lowest BCUT2D eigenvalue weighted by Crippen LogP contribution is -2.19. The standard InChI is InChI=1S/C30H25N5O3S/c1-20-8-2-4-14-25(20)29(37)32-30-35-34-28(39-30)17-27(36)33-31-18-21-9-6-13-24(16-21)38-19-23-12-7-11-22-10-3-5-15-26(22)23/h2-16,18H,17,19H2,1H3,(H,33,36)(H,32,35,37)/b31-18-. The first-order valence-corrected chi connectivity index (χ1v) is 13.1. The molecule has 0 bridgehead atoms. The smallest absolute Gasteiger partial charge is 0.257 e. The van der Waals surface area contributed by atoms with Crippen molar-refractivity contribution in [2.45, 2.75) is 20.0 Å². The zero-order valence-corrected chi connectivity index (χ0v) is 21.9. The second-order valence-corrected chi connectivity index (χ2v) is 9.80. The van der Waals surface area contributed by atoms with Crippen LogP contribution < -0.4 is 15.5 Å². The summed E-state index contributed by atoms with van der Waals surface area (Å²) in [5.41, 5.74) is 5.81. The molecule has 0 atom stereocenters. The molecule has 2 amide bonds. The van der Waals surface area contributed by atoms with E-state index < -0.39 is 0 Å². The number of aromatic nitrogens is 2. The maximum absolute atomic E-state index is 12.5. The number of nitrogens with zero attached hydrogens (tertiary/aromatic N) is 3. The summed E-state index contributed by atoms with van der Waals surface area (Å²) in [6.07, 6.45) is 1.54. The fourth-order valence-corrected chi connectivity index (χ4v) is 4.72. The number of benzene rings is 4. The van der Waals surface area contributed by atoms with Crippen LogP contribution in [0.4, 0.5) is 5.13 Å². The average molecular weight is 536 g/mol. The van der Waals surface area contributed by atoms with Crippen LogP contribution in [-0.2, 0) is 17.8 Å². The number of hydrogen-bond donors (Lipinski definition) is 2. The first kappa shape index (κ1) is 25.7. The van der Waals surface area contributed by atoms with Crippen molar-refractivity contribution in [3.63, 3.8) is 0 Å². The Hall–Kier alpha value is -4.89. The number of amides is 2. The molecule has 0 radical (unpaired) electrons. The monoisotopic (exact) mass is 535 g/mol. The van der Waals surface area contributed by atoms with Gasteiger partial charge < -0.3 is 4.74 Å². The van der Waals surface area contributed by atoms with Crippen molar-refractivity contribution in [3.05, 3.63) is 118 Å². The fraction of sp³-hybridized carbons (Fsp3) is 0.100. The Morgan fingerprint density at radius 2 is 1.74 bits per heavy atom. The molecule has 0 unspecified atom stereocenters. The lowest BCUT2D eigenvalue weighted by molar-refractivity contribution is -0.120. The van der Waals surface area contributed by atoms with Gasteiger partial charge in [-0.3, -0.25) is 14.9 Å². The van der Waals surface area contributed by atoms with Crippen LogP contribution in [-0.4, -0.2) is 28.2 Å². The minimum absolute atomic E-state index is 0.0105. The number of aryl methyl sites for hydroxylation is 1. The zero-order valence-electron chi connectivity index (χ0n) is 21.1. The molecule has 39 heavy (non-hydrogen) atoms. The van der Waals surface area contributed by atoms with Gasteiger partial charge in [-0.15, -0.1) is 10.2 Å². The maximum atomic E-state index is 12.5. The Morgan fingerprint density at radius 3 is 2.64 bits per heavy atom. The molecule has 194 valence electrons. The first-order valence-electron chi connectivity index (χ1n) is 12.3. The van der Waals surface area contributed by atoms with E-state index in [-0.39, 0.29) is 18.2 Å². The van der Waals surface area contributed by atoms with Gasteiger partial charge in [0.25, 0.3) is 5.91 Å². The van der Waals surface area contributed by atoms with Gasteiger partial charge in [0.1, 0.15) is 17.4 Å². The molecule has 9 heteroatoms. The zero-order chi connectivity index (χ0) is 27.0. The highest BCUT2D eigenvalue weighted by Gasteiger charge is 2.13. The van der Waals surface area contributed by atoms with E-state index in [2.05, 4.69) is 50.3 Å². The molecule has 8 nitrogen and oxygen atoms in total. The molecule has 5 aromatic rings. The largest absolute Gasteiger partial charge is 0.489 e. The molecular formula is C30H25N5O3S. The van der Waals surface area contributed by atoms with Crippen LogP contribution in [0.2, 0.25) is 0 Å². The van der Waals surface area contributed by atoms with Crippen molar-refractivity contribution in [3.8, 4) is 5.75 Å². The van der Waals surface area contributed by atoms with E-state index in [9.17, 15) is 9.59 Å². The normalized spacial score (nSPS) is 11.0. The lowest BCUT2D eigenvalue weighted by Gasteiger charge is -2.09. The van der Waals surface area contributed by atoms with Crippen LogP contribution in [0, 0.1) is 6.92 Å². The van der Waals surface area contributed by atoms with E-state index in [1.165, 1.54) is 5.39 Å². The van der Waals surface area contributed by atoms with Crippen LogP contribution in [0.3, 0.4) is 0 Å². The second kappa shape index (κ2) is 12.1. The van der Waals surface area contributed by atoms with Gasteiger partial charge in [0, 0.05) is 5.56 Å². The van der Waals surface area contributed by atoms with E-state index >= 15 is 0 Å². The number of nitrogens with one attached hydrogen (secondary N) is 2. The molecule has 0 saturated carbocycles. The summed E-state index contributed by atoms with van der Waals surface area (Å²) in [5.74, 6) is 0.0862. The van der Waals surface area contributed by atoms with E-state index in [1.54, 1.807) is 18.3 Å². The van der Waals surface area contributed by atoms with E-state index in [0.29, 0.717) is 28.1 Å². The summed E-state index contributed by atoms with van der Waals surface area (Å²) in [5, 5.41) is 17.9. The van der Waals surface area contributed by atoms with Gasteiger partial charge in [0.05, 0.1) is 12.6 Å². The summed E-state index contributed by atoms with van der Waals surface area (Å²) in [6.45, 7) is 2.30. The third kappa shape index (κ3) is 6.71. The summed E-state index contributed by atoms with van der Waals surface area (Å²) in [4.78, 5) is 24.8. The van der Waals surface area contributed by atoms with Gasteiger partial charge in [0.15, 0.2) is 0 Å². The molecule has 0 saturated heterocycles. The third-order valence-electron chi connectivity index (χ3n) is 5.92. The van der Waals surface area contributed by atoms with E-state index in [4.69, 9.17) is 4.74 Å². The molecular weight excluding hydrogens is 510 g/mol. The molecule has 0 aliphatic carbocycles. The number of rotatable bonds is 9. The van der Waals surface area contributed by atoms with Crippen LogP contribution >= 0.6 is 11.3 Å². The Kier molecular flexibility index (Phi) is 7.99. The molecule has 2 N–H and O–H groups in total. The number of carbonyl (C=O) groups is 2. The number of ether oxygens (including phenoxy) is 1. The van der Waals surface area contributed by atoms with Gasteiger partial charge >= 0.3 is 0 Å². The minimum Gasteiger partial charge on any atom is -0.489 e. The Balaban J connectivity index is 1.12. The number of hydrazone groups is 1. The molecule has 0 spiro atoms. The predicted molar refractivity (Wildman–Crippen MR) is 153 cm³/mol. The highest BCUT2D eigenvalue weighted by atomic mass is 32.1. The van der Waals surface area contributed by atoms with Crippen molar-refractivity contribution in [1.82, 2.24) is 15.6 Å². The Morgan fingerprint density at radius 1 is 0.949 bits per heavy atom. The lowest BCUT2D eigenvalue weighted by atomic mass is 10.1. The first-order chi connectivity index (χ1) is 19.0. The van der Waals surface area contributed by atoms with Crippen molar-refractivity contribution in [1.29, 1.82) is 0 Å². The van der Waals surface area contributed by atoms with Crippen LogP contribution in [0.25, 0.3) is 10.8 Å². The van der Waals surface area contributed by atoms with Crippen molar-refractivity contribution in [2.75, 3.05) is 5.32 Å². The van der Waals surface area contributed by atoms with Gasteiger partial charge in [-0.05, 0) is 52.6 Å². The minimum atomic E-state index is -0.345. The summed E-state index contributed by atoms with van der Waals surface area (Å²) < 4.78 is 6.02. The fourth-order valence-electron chi connectivity index (χ4n) is 3.99. The summed E-state index contributed by atoms with van der Waals surface area (Å²) in [7, 11) is 0. The Labute approximate surface area is 229 Å². The molecule has 0 fully saturated rings. The SMILES string of the molecule is Cc1ccccc1C(=O)Nc1nnc(CC(=O)N/N=C\c2cccc(OCc3cccc4ccccc34)c2)s1. The molecule has 1 aromatic heterocycles. The number of anilines is 1. The number of fused-ring (bicyclic) bond motifs is 1. The second-order valence-electron chi connectivity index (χ2n) is 8.74. The quantitative estimate of drug-likeness (QED) is 0.191. The Bertz CT molecular complexity index is 1660. The van der Waals surface area contributed by atoms with Crippen molar-refractivity contribution < 1.29 is 14.3 Å². The third-order valence-corrected chi connectivity index (χ3v) is 6.76. The van der Waals surface area contributed by atoms with E-state index in [1.807, 2.05) is 61.5 Å². The molecule has 0 aliphatic rings. The molecule has 0 aliphatic heterocycles. The van der Waals surface area contributed by atoms with Crippen molar-refractivity contribution in [2.24, 2.45) is 5.10 Å². The van der Waals surface area contributed by atoms with Gasteiger partial charge in [-0.25, -0.2) is 5.43 Å². The number of hydrogen-bond acceptors (Lipinski definition) is 7. The molecule has 4 aromatic carbocycles. The van der Waals surface area contributed by atoms with Crippen LogP contribution in [0.15, 0.2) is 96.1 Å².